The van der Waals surface area contributed by atoms with Crippen molar-refractivity contribution in [3.8, 4) is 0 Å². The summed E-state index contributed by atoms with van der Waals surface area (Å²) in [5.74, 6) is 0. The zero-order valence-electron chi connectivity index (χ0n) is 40.3. The van der Waals surface area contributed by atoms with Gasteiger partial charge in [0.15, 0.2) is 44.0 Å². The molecular formula is C42H70O35. The number of aliphatic hydroxyl groups is 21. The highest BCUT2D eigenvalue weighted by Crippen LogP contribution is 2.39. The average molecular weight is 1130 g/mol. The van der Waals surface area contributed by atoms with Gasteiger partial charge in [-0.15, -0.1) is 0 Å². The Labute approximate surface area is 434 Å². The molecule has 35 atom stereocenters. The van der Waals surface area contributed by atoms with Gasteiger partial charge in [0, 0.05) is 0 Å². The van der Waals surface area contributed by atoms with Crippen LogP contribution in [0.3, 0.4) is 0 Å². The van der Waals surface area contributed by atoms with Gasteiger partial charge in [0.05, 0.1) is 46.2 Å². The summed E-state index contributed by atoms with van der Waals surface area (Å²) in [7, 11) is 0. The first-order valence-corrected chi connectivity index (χ1v) is 24.6. The van der Waals surface area contributed by atoms with E-state index in [1.165, 1.54) is 0 Å². The molecule has 0 saturated carbocycles. The lowest BCUT2D eigenvalue weighted by molar-refractivity contribution is -0.396. The van der Waals surface area contributed by atoms with Crippen LogP contribution in [-0.2, 0) is 66.3 Å². The van der Waals surface area contributed by atoms with Gasteiger partial charge in [-0.05, 0) is 0 Å². The molecule has 448 valence electrons. The Bertz CT molecular complexity index is 1470. The number of aliphatic hydroxyl groups excluding tert-OH is 21. The standard InChI is InChI=1S/C42H70O35/c43-1-8-29-15(50)22(57)36(64-8)72-30-9(2-44)66-38(24(59)17(30)52)74-32-11(4-46)68-40(26(61)19(32)54)76-34-13(6-48)70-42(28(63)21(34)56)77-35-14(7-49)69-41(27(62)20(35)55)75-33-12(5-47)67-39(25(60)18(33)53)73-31-10(3-45)65-37(71-29)23(58)16(31)51/h8-63H,1-7H2/t8?,9?,10?,11?,12?,13?,14?,15-,16-,17-,18-,19-,20-,21-,22?,23?,24?,25?,26?,27?,28?,29-,30-,31-,32-,33-,34-,35-,36-,37-,38-,39-,40-,41-,42+/m1/s1. The second-order valence-corrected chi connectivity index (χ2v) is 19.7. The van der Waals surface area contributed by atoms with Crippen molar-refractivity contribution >= 4 is 0 Å². The van der Waals surface area contributed by atoms with Gasteiger partial charge in [-0.1, -0.05) is 0 Å². The molecule has 21 aliphatic rings. The highest BCUT2D eigenvalue weighted by Gasteiger charge is 2.59. The monoisotopic (exact) mass is 1130 g/mol. The lowest BCUT2D eigenvalue weighted by Crippen LogP contribution is -2.68. The van der Waals surface area contributed by atoms with E-state index in [9.17, 15) is 107 Å². The zero-order valence-corrected chi connectivity index (χ0v) is 40.3. The van der Waals surface area contributed by atoms with Crippen molar-refractivity contribution in [2.45, 2.75) is 215 Å². The predicted octanol–water partition coefficient (Wildman–Crippen LogP) is -15.2. The third kappa shape index (κ3) is 12.1. The van der Waals surface area contributed by atoms with Gasteiger partial charge >= 0.3 is 0 Å². The summed E-state index contributed by atoms with van der Waals surface area (Å²) in [5.41, 5.74) is 0. The normalized spacial score (nSPS) is 55.4. The van der Waals surface area contributed by atoms with Crippen LogP contribution in [0.25, 0.3) is 0 Å². The maximum atomic E-state index is 11.3. The molecule has 21 rings (SSSR count). The molecule has 35 nitrogen and oxygen atoms in total. The minimum absolute atomic E-state index is 1.05. The molecule has 35 heteroatoms. The summed E-state index contributed by atoms with van der Waals surface area (Å²) < 4.78 is 79.5. The summed E-state index contributed by atoms with van der Waals surface area (Å²) in [6.07, 6.45) is -70.2. The second-order valence-electron chi connectivity index (χ2n) is 19.7. The number of ether oxygens (including phenoxy) is 14. The second kappa shape index (κ2) is 26.0. The van der Waals surface area contributed by atoms with E-state index in [1.807, 2.05) is 0 Å². The molecule has 21 fully saturated rings. The van der Waals surface area contributed by atoms with Crippen LogP contribution in [0.1, 0.15) is 0 Å². The third-order valence-corrected chi connectivity index (χ3v) is 14.8. The molecule has 21 saturated heterocycles. The van der Waals surface area contributed by atoms with Crippen LogP contribution in [0.2, 0.25) is 0 Å². The fourth-order valence-electron chi connectivity index (χ4n) is 10.4. The molecule has 21 heterocycles. The smallest absolute Gasteiger partial charge is 0.187 e. The van der Waals surface area contributed by atoms with Crippen molar-refractivity contribution in [2.75, 3.05) is 46.2 Å². The zero-order chi connectivity index (χ0) is 56.1. The molecule has 0 spiro atoms. The topological polar surface area (TPSA) is 554 Å². The molecule has 21 N–H and O–H groups in total. The predicted molar refractivity (Wildman–Crippen MR) is 228 cm³/mol. The molecule has 0 aliphatic carbocycles. The van der Waals surface area contributed by atoms with Gasteiger partial charge in [0.25, 0.3) is 0 Å². The average Bonchev–Trinajstić information content (AvgIpc) is 3.47. The van der Waals surface area contributed by atoms with E-state index in [-0.39, 0.29) is 0 Å². The molecule has 21 aliphatic heterocycles. The summed E-state index contributed by atoms with van der Waals surface area (Å²) in [6.45, 7) is -7.33. The molecule has 77 heavy (non-hydrogen) atoms. The number of rotatable bonds is 7. The van der Waals surface area contributed by atoms with E-state index in [2.05, 4.69) is 0 Å². The van der Waals surface area contributed by atoms with Crippen molar-refractivity contribution < 1.29 is 174 Å². The minimum Gasteiger partial charge on any atom is -0.394 e. The lowest BCUT2D eigenvalue weighted by atomic mass is 9.95. The maximum absolute atomic E-state index is 11.3. The van der Waals surface area contributed by atoms with Gasteiger partial charge in [-0.3, -0.25) is 0 Å². The van der Waals surface area contributed by atoms with Crippen LogP contribution < -0.4 is 0 Å². The quantitative estimate of drug-likeness (QED) is 0.113. The van der Waals surface area contributed by atoms with E-state index in [4.69, 9.17) is 66.3 Å². The van der Waals surface area contributed by atoms with E-state index in [0.29, 0.717) is 0 Å². The minimum atomic E-state index is -2.21. The highest BCUT2D eigenvalue weighted by atomic mass is 16.8. The molecule has 0 aromatic heterocycles. The van der Waals surface area contributed by atoms with E-state index < -0.39 is 261 Å². The van der Waals surface area contributed by atoms with Gasteiger partial charge in [-0.25, -0.2) is 0 Å². The summed E-state index contributed by atoms with van der Waals surface area (Å²) in [5, 5.41) is 230. The van der Waals surface area contributed by atoms with Gasteiger partial charge in [0.2, 0.25) is 0 Å². The number of hydrogen-bond donors (Lipinski definition) is 21. The molecule has 0 radical (unpaired) electrons. The van der Waals surface area contributed by atoms with Crippen molar-refractivity contribution in [2.24, 2.45) is 0 Å². The van der Waals surface area contributed by atoms with E-state index >= 15 is 0 Å². The maximum Gasteiger partial charge on any atom is 0.187 e. The lowest BCUT2D eigenvalue weighted by Gasteiger charge is -2.50. The van der Waals surface area contributed by atoms with Crippen LogP contribution in [-0.4, -0.2) is 368 Å². The van der Waals surface area contributed by atoms with Crippen LogP contribution >= 0.6 is 0 Å². The Morgan fingerprint density at radius 1 is 0.156 bits per heavy atom. The first-order valence-electron chi connectivity index (χ1n) is 24.6. The summed E-state index contributed by atoms with van der Waals surface area (Å²) in [4.78, 5) is 0. The molecule has 0 aromatic carbocycles. The Balaban J connectivity index is 1.08. The Kier molecular flexibility index (Phi) is 20.8. The fraction of sp³-hybridized carbons (Fsp3) is 1.00. The van der Waals surface area contributed by atoms with E-state index in [0.717, 1.165) is 0 Å². The number of hydrogen-bond acceptors (Lipinski definition) is 35. The van der Waals surface area contributed by atoms with Gasteiger partial charge in [0.1, 0.15) is 171 Å². The van der Waals surface area contributed by atoms with Crippen LogP contribution in [0.5, 0.6) is 0 Å². The van der Waals surface area contributed by atoms with Crippen molar-refractivity contribution in [1.29, 1.82) is 0 Å². The van der Waals surface area contributed by atoms with E-state index in [1.54, 1.807) is 0 Å². The first kappa shape index (κ1) is 61.7. The Morgan fingerprint density at radius 3 is 0.351 bits per heavy atom. The van der Waals surface area contributed by atoms with Crippen LogP contribution in [0.4, 0.5) is 0 Å². The van der Waals surface area contributed by atoms with Gasteiger partial charge < -0.3 is 174 Å². The SMILES string of the molecule is OCC1O[C@@H]2O[C@@H]3C(CO)O[C@H](O[C@@H]4C(CO)O[C@H](O[C@@H]5C(CO)O[C@@H](O[C@@H]6C(CO)O[C@H](O[C@@H]7C(CO)O[C@H](O[C@@H]8C(CO)O[C@H](O[C@H]1[C@H](O)C2O)C(O)[C@H]8O)C(O)[C@H]7O)C(O)[C@H]6O)C(O)[C@H]5O)C(O)[C@H]4O)C(O)[C@H]3O. The Hall–Kier alpha value is -1.40. The molecular weight excluding hydrogens is 1060 g/mol. The van der Waals surface area contributed by atoms with Crippen molar-refractivity contribution in [3.63, 3.8) is 0 Å². The third-order valence-electron chi connectivity index (χ3n) is 14.8. The molecule has 0 aromatic rings. The first-order chi connectivity index (χ1) is 36.7. The highest BCUT2D eigenvalue weighted by molar-refractivity contribution is 5.01. The Morgan fingerprint density at radius 2 is 0.260 bits per heavy atom. The molecule has 14 bridgehead atoms. The van der Waals surface area contributed by atoms with Crippen LogP contribution in [0, 0.1) is 0 Å². The van der Waals surface area contributed by atoms with Crippen LogP contribution in [0.15, 0.2) is 0 Å². The van der Waals surface area contributed by atoms with Crippen molar-refractivity contribution in [1.82, 2.24) is 0 Å². The summed E-state index contributed by atoms with van der Waals surface area (Å²) in [6, 6.07) is 0. The summed E-state index contributed by atoms with van der Waals surface area (Å²) >= 11 is 0. The largest absolute Gasteiger partial charge is 0.394 e. The fourth-order valence-corrected chi connectivity index (χ4v) is 10.4. The molecule has 0 amide bonds. The van der Waals surface area contributed by atoms with Gasteiger partial charge in [-0.2, -0.15) is 0 Å². The molecule has 14 unspecified atom stereocenters. The van der Waals surface area contributed by atoms with Crippen molar-refractivity contribution in [3.05, 3.63) is 0 Å².